The minimum absolute atomic E-state index is 0.0509. The highest BCUT2D eigenvalue weighted by atomic mass is 35.5. The van der Waals surface area contributed by atoms with Crippen molar-refractivity contribution in [1.29, 1.82) is 0 Å². The normalized spacial score (nSPS) is 26.7. The maximum Gasteiger partial charge on any atom is 0.131 e. The lowest BCUT2D eigenvalue weighted by molar-refractivity contribution is 0.00855. The van der Waals surface area contributed by atoms with Crippen LogP contribution in [0.15, 0.2) is 42.5 Å². The van der Waals surface area contributed by atoms with E-state index in [2.05, 4.69) is 5.32 Å². The summed E-state index contributed by atoms with van der Waals surface area (Å²) in [6.45, 7) is 1.82. The van der Waals surface area contributed by atoms with E-state index < -0.39 is 11.6 Å². The van der Waals surface area contributed by atoms with Crippen LogP contribution in [-0.4, -0.2) is 29.1 Å². The van der Waals surface area contributed by atoms with Crippen LogP contribution in [0, 0.1) is 11.2 Å². The zero-order valence-electron chi connectivity index (χ0n) is 13.5. The van der Waals surface area contributed by atoms with Gasteiger partial charge in [0.05, 0.1) is 6.61 Å². The van der Waals surface area contributed by atoms with E-state index in [9.17, 15) is 14.6 Å². The highest BCUT2D eigenvalue weighted by Gasteiger charge is 2.42. The Morgan fingerprint density at radius 1 is 1.25 bits per heavy atom. The summed E-state index contributed by atoms with van der Waals surface area (Å²) in [4.78, 5) is 0. The summed E-state index contributed by atoms with van der Waals surface area (Å²) in [6, 6.07) is 12.3. The van der Waals surface area contributed by atoms with Crippen molar-refractivity contribution in [3.8, 4) is 11.1 Å². The maximum absolute atomic E-state index is 13.9. The van der Waals surface area contributed by atoms with E-state index in [1.54, 1.807) is 6.07 Å². The van der Waals surface area contributed by atoms with E-state index in [4.69, 9.17) is 11.6 Å². The van der Waals surface area contributed by atoms with Gasteiger partial charge in [0.25, 0.3) is 0 Å². The second-order valence-corrected chi connectivity index (χ2v) is 7.24. The Morgan fingerprint density at radius 3 is 2.58 bits per heavy atom. The quantitative estimate of drug-likeness (QED) is 0.793. The average Bonchev–Trinajstić information content (AvgIpc) is 2.85. The molecule has 0 saturated carbocycles. The molecule has 1 unspecified atom stereocenters. The Labute approximate surface area is 146 Å². The monoisotopic (exact) mass is 349 g/mol. The average molecular weight is 350 g/mol. The van der Waals surface area contributed by atoms with Gasteiger partial charge in [-0.1, -0.05) is 42.8 Å². The van der Waals surface area contributed by atoms with Crippen LogP contribution >= 0.6 is 11.6 Å². The van der Waals surface area contributed by atoms with Crippen molar-refractivity contribution in [2.75, 3.05) is 6.61 Å². The lowest BCUT2D eigenvalue weighted by Crippen LogP contribution is -2.38. The zero-order valence-corrected chi connectivity index (χ0v) is 14.2. The van der Waals surface area contributed by atoms with Crippen LogP contribution < -0.4 is 5.32 Å². The number of aliphatic hydroxyl groups is 2. The molecule has 0 spiro atoms. The number of rotatable bonds is 4. The second-order valence-electron chi connectivity index (χ2n) is 6.81. The summed E-state index contributed by atoms with van der Waals surface area (Å²) in [6.07, 6.45) is 0.743. The third kappa shape index (κ3) is 3.47. The first-order valence-electron chi connectivity index (χ1n) is 8.00. The number of hydrogen-bond donors (Lipinski definition) is 3. The molecule has 2 aromatic carbocycles. The Kier molecular flexibility index (Phi) is 4.92. The van der Waals surface area contributed by atoms with Gasteiger partial charge in [-0.15, -0.1) is 0 Å². The molecule has 3 atom stereocenters. The highest BCUT2D eigenvalue weighted by molar-refractivity contribution is 6.30. The minimum atomic E-state index is -0.702. The predicted molar refractivity (Wildman–Crippen MR) is 93.3 cm³/mol. The minimum Gasteiger partial charge on any atom is -0.396 e. The maximum atomic E-state index is 13.9. The molecule has 5 heteroatoms. The third-order valence-electron chi connectivity index (χ3n) is 4.80. The lowest BCUT2D eigenvalue weighted by Gasteiger charge is -2.23. The van der Waals surface area contributed by atoms with Crippen molar-refractivity contribution in [1.82, 2.24) is 5.32 Å². The van der Waals surface area contributed by atoms with E-state index >= 15 is 0 Å². The first-order chi connectivity index (χ1) is 11.4. The lowest BCUT2D eigenvalue weighted by atomic mass is 9.86. The molecule has 3 nitrogen and oxygen atoms in total. The summed E-state index contributed by atoms with van der Waals surface area (Å²) in [7, 11) is 0. The topological polar surface area (TPSA) is 52.5 Å². The highest BCUT2D eigenvalue weighted by Crippen LogP contribution is 2.33. The molecule has 1 aliphatic rings. The number of benzene rings is 2. The van der Waals surface area contributed by atoms with Crippen LogP contribution in [0.4, 0.5) is 4.39 Å². The van der Waals surface area contributed by atoms with Gasteiger partial charge in [-0.3, -0.25) is 5.32 Å². The summed E-state index contributed by atoms with van der Waals surface area (Å²) in [5.74, 6) is -0.300. The van der Waals surface area contributed by atoms with Crippen molar-refractivity contribution in [3.63, 3.8) is 0 Å². The number of halogens is 2. The van der Waals surface area contributed by atoms with Crippen molar-refractivity contribution in [2.24, 2.45) is 5.41 Å². The van der Waals surface area contributed by atoms with Gasteiger partial charge in [0, 0.05) is 22.0 Å². The van der Waals surface area contributed by atoms with Crippen LogP contribution in [-0.2, 0) is 6.42 Å². The molecule has 0 aromatic heterocycles. The van der Waals surface area contributed by atoms with Crippen molar-refractivity contribution in [2.45, 2.75) is 32.0 Å². The number of nitrogens with one attached hydrogen (secondary N) is 1. The van der Waals surface area contributed by atoms with E-state index in [0.717, 1.165) is 17.5 Å². The molecule has 0 aliphatic carbocycles. The van der Waals surface area contributed by atoms with E-state index in [1.807, 2.05) is 31.2 Å². The number of aliphatic hydroxyl groups excluding tert-OH is 2. The van der Waals surface area contributed by atoms with Gasteiger partial charge in [-0.05, 0) is 42.2 Å². The molecule has 1 saturated heterocycles. The fourth-order valence-corrected chi connectivity index (χ4v) is 3.44. The van der Waals surface area contributed by atoms with Gasteiger partial charge in [-0.25, -0.2) is 4.39 Å². The standard InChI is InChI=1S/C19H21ClFNO2/c1-19(11-23)10-15(22-18(19)24)8-12-2-4-13(5-3-12)16-9-14(20)6-7-17(16)21/h2-7,9,15,18,22-24H,8,10-11H2,1H3/t15-,18?,19+/m1/s1. The largest absolute Gasteiger partial charge is 0.396 e. The Balaban J connectivity index is 1.73. The first-order valence-corrected chi connectivity index (χ1v) is 8.38. The van der Waals surface area contributed by atoms with E-state index in [1.165, 1.54) is 12.1 Å². The molecular weight excluding hydrogens is 329 g/mol. The van der Waals surface area contributed by atoms with E-state index in [-0.39, 0.29) is 18.5 Å². The van der Waals surface area contributed by atoms with Crippen molar-refractivity contribution in [3.05, 3.63) is 58.9 Å². The fourth-order valence-electron chi connectivity index (χ4n) is 3.26. The summed E-state index contributed by atoms with van der Waals surface area (Å²) >= 11 is 5.95. The van der Waals surface area contributed by atoms with Crippen LogP contribution in [0.25, 0.3) is 11.1 Å². The molecule has 0 amide bonds. The molecule has 2 aromatic rings. The molecule has 24 heavy (non-hydrogen) atoms. The van der Waals surface area contributed by atoms with Gasteiger partial charge in [0.15, 0.2) is 0 Å². The molecule has 1 heterocycles. The fraction of sp³-hybridized carbons (Fsp3) is 0.368. The van der Waals surface area contributed by atoms with Crippen LogP contribution in [0.1, 0.15) is 18.9 Å². The molecule has 128 valence electrons. The summed E-state index contributed by atoms with van der Waals surface area (Å²) < 4.78 is 13.9. The summed E-state index contributed by atoms with van der Waals surface area (Å²) in [5.41, 5.74) is 1.84. The van der Waals surface area contributed by atoms with Gasteiger partial charge < -0.3 is 10.2 Å². The van der Waals surface area contributed by atoms with Gasteiger partial charge in [0.1, 0.15) is 12.0 Å². The summed E-state index contributed by atoms with van der Waals surface area (Å²) in [5, 5.41) is 23.1. The molecule has 0 radical (unpaired) electrons. The Bertz CT molecular complexity index is 722. The van der Waals surface area contributed by atoms with Gasteiger partial charge >= 0.3 is 0 Å². The molecule has 0 bridgehead atoms. The van der Waals surface area contributed by atoms with Crippen molar-refractivity contribution >= 4 is 11.6 Å². The van der Waals surface area contributed by atoms with Crippen LogP contribution in [0.5, 0.6) is 0 Å². The molecule has 3 N–H and O–H groups in total. The predicted octanol–water partition coefficient (Wildman–Crippen LogP) is 3.37. The zero-order chi connectivity index (χ0) is 17.3. The van der Waals surface area contributed by atoms with E-state index in [0.29, 0.717) is 17.0 Å². The molecule has 1 fully saturated rings. The first kappa shape index (κ1) is 17.4. The van der Waals surface area contributed by atoms with Gasteiger partial charge in [0.2, 0.25) is 0 Å². The smallest absolute Gasteiger partial charge is 0.131 e. The second kappa shape index (κ2) is 6.81. The Hall–Kier alpha value is -1.46. The molecule has 3 rings (SSSR count). The third-order valence-corrected chi connectivity index (χ3v) is 5.04. The molecular formula is C19H21ClFNO2. The Morgan fingerprint density at radius 2 is 1.96 bits per heavy atom. The SMILES string of the molecule is C[C@@]1(CO)C[C@@H](Cc2ccc(-c3cc(Cl)ccc3F)cc2)NC1O. The van der Waals surface area contributed by atoms with Gasteiger partial charge in [-0.2, -0.15) is 0 Å². The van der Waals surface area contributed by atoms with Crippen LogP contribution in [0.3, 0.4) is 0 Å². The number of hydrogen-bond acceptors (Lipinski definition) is 3. The molecule has 1 aliphatic heterocycles. The van der Waals surface area contributed by atoms with Crippen molar-refractivity contribution < 1.29 is 14.6 Å². The van der Waals surface area contributed by atoms with Crippen LogP contribution in [0.2, 0.25) is 5.02 Å².